The number of carbonyl (C=O) groups excluding carboxylic acids is 1. The van der Waals surface area contributed by atoms with Crippen LogP contribution in [-0.2, 0) is 16.0 Å². The number of likely N-dealkylation sites (tertiary alicyclic amines) is 1. The molecule has 0 aromatic heterocycles. The highest BCUT2D eigenvalue weighted by molar-refractivity contribution is 5.77. The molecular weight excluding hydrogens is 306 g/mol. The monoisotopic (exact) mass is 333 g/mol. The Morgan fingerprint density at radius 3 is 2.71 bits per heavy atom. The largest absolute Gasteiger partial charge is 0.496 e. The molecule has 0 spiro atoms. The summed E-state index contributed by atoms with van der Waals surface area (Å²) in [6, 6.07) is 7.87. The zero-order valence-electron chi connectivity index (χ0n) is 14.7. The lowest BCUT2D eigenvalue weighted by atomic mass is 9.86. The lowest BCUT2D eigenvalue weighted by Crippen LogP contribution is -2.45. The lowest BCUT2D eigenvalue weighted by Gasteiger charge is -2.35. The molecule has 1 aliphatic rings. The summed E-state index contributed by atoms with van der Waals surface area (Å²) in [5, 5.41) is 9.18. The van der Waals surface area contributed by atoms with Crippen molar-refractivity contribution in [3.8, 4) is 5.75 Å². The maximum Gasteiger partial charge on any atom is 0.306 e. The Labute approximate surface area is 143 Å². The van der Waals surface area contributed by atoms with Crippen molar-refractivity contribution in [3.63, 3.8) is 0 Å². The normalized spacial score (nSPS) is 22.0. The van der Waals surface area contributed by atoms with E-state index in [1.165, 1.54) is 0 Å². The Bertz CT molecular complexity index is 586. The molecule has 1 heterocycles. The van der Waals surface area contributed by atoms with Crippen molar-refractivity contribution >= 4 is 11.9 Å². The quantitative estimate of drug-likeness (QED) is 0.869. The first-order valence-corrected chi connectivity index (χ1v) is 8.54. The highest BCUT2D eigenvalue weighted by atomic mass is 16.5. The van der Waals surface area contributed by atoms with E-state index in [2.05, 4.69) is 6.92 Å². The Morgan fingerprint density at radius 1 is 1.38 bits per heavy atom. The third-order valence-corrected chi connectivity index (χ3v) is 4.86. The van der Waals surface area contributed by atoms with Gasteiger partial charge in [-0.05, 0) is 36.3 Å². The van der Waals surface area contributed by atoms with Gasteiger partial charge in [0.2, 0.25) is 5.91 Å². The number of carboxylic acids is 1. The molecule has 1 N–H and O–H groups in total. The Morgan fingerprint density at radius 2 is 2.08 bits per heavy atom. The second-order valence-electron chi connectivity index (χ2n) is 6.88. The Balaban J connectivity index is 1.89. The summed E-state index contributed by atoms with van der Waals surface area (Å²) in [7, 11) is 1.66. The average Bonchev–Trinajstić information content (AvgIpc) is 2.54. The summed E-state index contributed by atoms with van der Waals surface area (Å²) in [5.41, 5.74) is 1.11. The number of carbonyl (C=O) groups is 2. The number of amides is 1. The van der Waals surface area contributed by atoms with Crippen LogP contribution in [-0.4, -0.2) is 42.1 Å². The van der Waals surface area contributed by atoms with Gasteiger partial charge >= 0.3 is 5.97 Å². The van der Waals surface area contributed by atoms with Gasteiger partial charge in [-0.2, -0.15) is 0 Å². The predicted molar refractivity (Wildman–Crippen MR) is 92.0 cm³/mol. The summed E-state index contributed by atoms with van der Waals surface area (Å²) in [6.07, 6.45) is 1.81. The van der Waals surface area contributed by atoms with Crippen molar-refractivity contribution in [2.75, 3.05) is 20.2 Å². The molecular formula is C19H27NO4. The molecule has 1 fully saturated rings. The minimum absolute atomic E-state index is 0.00437. The van der Waals surface area contributed by atoms with Gasteiger partial charge < -0.3 is 14.7 Å². The van der Waals surface area contributed by atoms with Crippen LogP contribution in [0, 0.1) is 17.8 Å². The highest BCUT2D eigenvalue weighted by Gasteiger charge is 2.33. The number of nitrogens with zero attached hydrogens (tertiary/aromatic N) is 1. The standard InChI is InChI=1S/C19H27NO4/c1-13(10-15-6-4-5-7-17(15)24-3)11-18(21)20-9-8-16(19(22)23)14(2)12-20/h4-7,13-14,16H,8-12H2,1-3H3,(H,22,23). The van der Waals surface area contributed by atoms with Crippen LogP contribution in [0.4, 0.5) is 0 Å². The molecule has 24 heavy (non-hydrogen) atoms. The van der Waals surface area contributed by atoms with Crippen molar-refractivity contribution in [1.82, 2.24) is 4.90 Å². The summed E-state index contributed by atoms with van der Waals surface area (Å²) < 4.78 is 5.36. The summed E-state index contributed by atoms with van der Waals surface area (Å²) in [6.45, 7) is 5.06. The lowest BCUT2D eigenvalue weighted by molar-refractivity contribution is -0.148. The number of aliphatic carboxylic acids is 1. The molecule has 0 saturated carbocycles. The molecule has 1 aliphatic heterocycles. The molecule has 1 amide bonds. The number of piperidine rings is 1. The Hall–Kier alpha value is -2.04. The summed E-state index contributed by atoms with van der Waals surface area (Å²) in [4.78, 5) is 25.5. The minimum atomic E-state index is -0.751. The van der Waals surface area contributed by atoms with Crippen LogP contribution in [0.1, 0.15) is 32.3 Å². The van der Waals surface area contributed by atoms with Crippen LogP contribution in [0.3, 0.4) is 0 Å². The number of rotatable bonds is 6. The Kier molecular flexibility index (Phi) is 6.23. The van der Waals surface area contributed by atoms with E-state index in [0.717, 1.165) is 17.7 Å². The van der Waals surface area contributed by atoms with Gasteiger partial charge in [0.15, 0.2) is 0 Å². The number of ether oxygens (including phenoxy) is 1. The predicted octanol–water partition coefficient (Wildman–Crippen LogP) is 2.83. The van der Waals surface area contributed by atoms with Crippen molar-refractivity contribution in [2.24, 2.45) is 17.8 Å². The van der Waals surface area contributed by atoms with E-state index >= 15 is 0 Å². The molecule has 0 bridgehead atoms. The van der Waals surface area contributed by atoms with Gasteiger partial charge in [-0.15, -0.1) is 0 Å². The second-order valence-corrected chi connectivity index (χ2v) is 6.88. The number of hydrogen-bond donors (Lipinski definition) is 1. The summed E-state index contributed by atoms with van der Waals surface area (Å²) in [5.74, 6) is 0.103. The van der Waals surface area contributed by atoms with Crippen LogP contribution in [0.5, 0.6) is 5.75 Å². The number of methoxy groups -OCH3 is 1. The fraction of sp³-hybridized carbons (Fsp3) is 0.579. The van der Waals surface area contributed by atoms with Crippen molar-refractivity contribution in [1.29, 1.82) is 0 Å². The maximum atomic E-state index is 12.5. The van der Waals surface area contributed by atoms with Crippen LogP contribution in [0.25, 0.3) is 0 Å². The van der Waals surface area contributed by atoms with E-state index in [0.29, 0.717) is 25.9 Å². The van der Waals surface area contributed by atoms with Crippen LogP contribution >= 0.6 is 0 Å². The van der Waals surface area contributed by atoms with Gasteiger partial charge in [-0.3, -0.25) is 9.59 Å². The van der Waals surface area contributed by atoms with E-state index in [1.807, 2.05) is 36.1 Å². The van der Waals surface area contributed by atoms with Crippen molar-refractivity contribution in [2.45, 2.75) is 33.1 Å². The molecule has 5 heteroatoms. The molecule has 132 valence electrons. The van der Waals surface area contributed by atoms with Crippen LogP contribution in [0.15, 0.2) is 24.3 Å². The number of carboxylic acid groups (broad SMARTS) is 1. The van der Waals surface area contributed by atoms with Gasteiger partial charge in [0.05, 0.1) is 13.0 Å². The summed E-state index contributed by atoms with van der Waals surface area (Å²) >= 11 is 0. The van der Waals surface area contributed by atoms with Gasteiger partial charge in [0, 0.05) is 19.5 Å². The average molecular weight is 333 g/mol. The molecule has 0 radical (unpaired) electrons. The van der Waals surface area contributed by atoms with E-state index in [-0.39, 0.29) is 23.7 Å². The molecule has 1 aromatic carbocycles. The van der Waals surface area contributed by atoms with Gasteiger partial charge in [-0.25, -0.2) is 0 Å². The third kappa shape index (κ3) is 4.49. The van der Waals surface area contributed by atoms with E-state index in [9.17, 15) is 14.7 Å². The van der Waals surface area contributed by atoms with Gasteiger partial charge in [0.25, 0.3) is 0 Å². The number of hydrogen-bond acceptors (Lipinski definition) is 3. The second kappa shape index (κ2) is 8.18. The molecule has 3 atom stereocenters. The fourth-order valence-corrected chi connectivity index (χ4v) is 3.49. The highest BCUT2D eigenvalue weighted by Crippen LogP contribution is 2.26. The van der Waals surface area contributed by atoms with E-state index in [1.54, 1.807) is 7.11 Å². The first kappa shape index (κ1) is 18.3. The molecule has 1 aromatic rings. The zero-order valence-corrected chi connectivity index (χ0v) is 14.7. The maximum absolute atomic E-state index is 12.5. The first-order valence-electron chi connectivity index (χ1n) is 8.54. The molecule has 0 aliphatic carbocycles. The number of benzene rings is 1. The molecule has 2 rings (SSSR count). The molecule has 5 nitrogen and oxygen atoms in total. The van der Waals surface area contributed by atoms with Crippen molar-refractivity contribution in [3.05, 3.63) is 29.8 Å². The smallest absolute Gasteiger partial charge is 0.306 e. The zero-order chi connectivity index (χ0) is 17.7. The van der Waals surface area contributed by atoms with Crippen LogP contribution in [0.2, 0.25) is 0 Å². The number of para-hydroxylation sites is 1. The minimum Gasteiger partial charge on any atom is -0.496 e. The van der Waals surface area contributed by atoms with Gasteiger partial charge in [0.1, 0.15) is 5.75 Å². The SMILES string of the molecule is COc1ccccc1CC(C)CC(=O)N1CCC(C(=O)O)C(C)C1. The van der Waals surface area contributed by atoms with Crippen molar-refractivity contribution < 1.29 is 19.4 Å². The van der Waals surface area contributed by atoms with E-state index < -0.39 is 5.97 Å². The van der Waals surface area contributed by atoms with Gasteiger partial charge in [-0.1, -0.05) is 32.0 Å². The first-order chi connectivity index (χ1) is 11.4. The molecule has 1 saturated heterocycles. The topological polar surface area (TPSA) is 66.8 Å². The molecule has 3 unspecified atom stereocenters. The fourth-order valence-electron chi connectivity index (χ4n) is 3.49. The van der Waals surface area contributed by atoms with E-state index in [4.69, 9.17) is 4.74 Å². The van der Waals surface area contributed by atoms with Crippen LogP contribution < -0.4 is 4.74 Å². The third-order valence-electron chi connectivity index (χ3n) is 4.86.